The molecule has 1 amide bonds. The third kappa shape index (κ3) is 5.60. The van der Waals surface area contributed by atoms with Crippen molar-refractivity contribution in [3.63, 3.8) is 0 Å². The van der Waals surface area contributed by atoms with Gasteiger partial charge >= 0.3 is 0 Å². The summed E-state index contributed by atoms with van der Waals surface area (Å²) in [6.45, 7) is 4.95. The molecule has 1 aliphatic carbocycles. The second-order valence-corrected chi connectivity index (χ2v) is 9.30. The second-order valence-electron chi connectivity index (χ2n) is 9.30. The van der Waals surface area contributed by atoms with E-state index in [1.807, 2.05) is 24.0 Å². The topological polar surface area (TPSA) is 50.6 Å². The molecule has 6 heteroatoms. The minimum absolute atomic E-state index is 0.231. The number of hydrogen-bond acceptors (Lipinski definition) is 4. The fourth-order valence-corrected chi connectivity index (χ4v) is 5.43. The number of ether oxygens (including phenoxy) is 1. The third-order valence-electron chi connectivity index (χ3n) is 7.29. The van der Waals surface area contributed by atoms with E-state index >= 15 is 0 Å². The number of carbonyl (C=O) groups excluding carboxylic acids is 1. The first-order chi connectivity index (χ1) is 14.2. The fourth-order valence-electron chi connectivity index (χ4n) is 5.43. The van der Waals surface area contributed by atoms with E-state index in [0.29, 0.717) is 12.3 Å². The lowest BCUT2D eigenvalue weighted by molar-refractivity contribution is -0.133. The van der Waals surface area contributed by atoms with Gasteiger partial charge < -0.3 is 14.5 Å². The van der Waals surface area contributed by atoms with Gasteiger partial charge in [0.25, 0.3) is 0 Å². The van der Waals surface area contributed by atoms with Gasteiger partial charge in [-0.1, -0.05) is 12.8 Å². The Labute approximate surface area is 175 Å². The van der Waals surface area contributed by atoms with Crippen LogP contribution in [-0.2, 0) is 23.0 Å². The van der Waals surface area contributed by atoms with Crippen molar-refractivity contribution in [3.05, 3.63) is 18.0 Å². The Morgan fingerprint density at radius 2 is 1.93 bits per heavy atom. The van der Waals surface area contributed by atoms with Gasteiger partial charge in [-0.2, -0.15) is 5.10 Å². The fraction of sp³-hybridized carbons (Fsp3) is 0.826. The Morgan fingerprint density at radius 1 is 1.14 bits per heavy atom. The van der Waals surface area contributed by atoms with Crippen LogP contribution in [0.5, 0.6) is 0 Å². The number of aryl methyl sites for hydroxylation is 2. The van der Waals surface area contributed by atoms with Gasteiger partial charge in [-0.15, -0.1) is 0 Å². The average molecular weight is 403 g/mol. The van der Waals surface area contributed by atoms with Crippen LogP contribution in [-0.4, -0.2) is 70.4 Å². The van der Waals surface area contributed by atoms with Crippen LogP contribution in [0.3, 0.4) is 0 Å². The summed E-state index contributed by atoms with van der Waals surface area (Å²) in [7, 11) is 1.95. The molecule has 1 atom stereocenters. The van der Waals surface area contributed by atoms with E-state index in [4.69, 9.17) is 4.74 Å². The number of rotatable bonds is 8. The Balaban J connectivity index is 1.30. The molecule has 2 aliphatic heterocycles. The summed E-state index contributed by atoms with van der Waals surface area (Å²) < 4.78 is 7.73. The van der Waals surface area contributed by atoms with E-state index in [9.17, 15) is 4.79 Å². The molecule has 1 aromatic rings. The van der Waals surface area contributed by atoms with E-state index in [2.05, 4.69) is 14.9 Å². The van der Waals surface area contributed by atoms with Gasteiger partial charge in [0.2, 0.25) is 5.91 Å². The molecule has 0 bridgehead atoms. The van der Waals surface area contributed by atoms with Crippen LogP contribution in [0.25, 0.3) is 0 Å². The first-order valence-corrected chi connectivity index (χ1v) is 11.8. The molecule has 0 radical (unpaired) electrons. The first kappa shape index (κ1) is 20.9. The van der Waals surface area contributed by atoms with Gasteiger partial charge in [-0.25, -0.2) is 0 Å². The summed E-state index contributed by atoms with van der Waals surface area (Å²) >= 11 is 0. The van der Waals surface area contributed by atoms with E-state index in [1.54, 1.807) is 0 Å². The Hall–Kier alpha value is -1.40. The molecule has 162 valence electrons. The van der Waals surface area contributed by atoms with Crippen molar-refractivity contribution in [2.45, 2.75) is 76.4 Å². The lowest BCUT2D eigenvalue weighted by Crippen LogP contribution is -2.45. The van der Waals surface area contributed by atoms with Crippen LogP contribution in [0.4, 0.5) is 0 Å². The zero-order valence-electron chi connectivity index (χ0n) is 18.1. The van der Waals surface area contributed by atoms with Crippen LogP contribution in [0.15, 0.2) is 12.3 Å². The molecule has 0 N–H and O–H groups in total. The number of piperidine rings is 1. The number of hydrogen-bond donors (Lipinski definition) is 0. The van der Waals surface area contributed by atoms with E-state index in [0.717, 1.165) is 50.7 Å². The zero-order chi connectivity index (χ0) is 20.1. The highest BCUT2D eigenvalue weighted by atomic mass is 16.5. The van der Waals surface area contributed by atoms with Crippen LogP contribution < -0.4 is 0 Å². The summed E-state index contributed by atoms with van der Waals surface area (Å²) in [5.41, 5.74) is 1.13. The maximum absolute atomic E-state index is 13.1. The van der Waals surface area contributed by atoms with Crippen molar-refractivity contribution in [3.8, 4) is 0 Å². The molecule has 0 unspecified atom stereocenters. The largest absolute Gasteiger partial charge is 0.376 e. The molecule has 1 saturated carbocycles. The summed E-state index contributed by atoms with van der Waals surface area (Å²) in [4.78, 5) is 18.0. The number of amides is 1. The van der Waals surface area contributed by atoms with E-state index in [1.165, 1.54) is 51.6 Å². The van der Waals surface area contributed by atoms with Crippen LogP contribution >= 0.6 is 0 Å². The van der Waals surface area contributed by atoms with Gasteiger partial charge in [0, 0.05) is 51.1 Å². The molecule has 0 spiro atoms. The van der Waals surface area contributed by atoms with Crippen molar-refractivity contribution in [2.24, 2.45) is 13.0 Å². The quantitative estimate of drug-likeness (QED) is 0.671. The number of aromatic nitrogens is 2. The maximum Gasteiger partial charge on any atom is 0.223 e. The lowest BCUT2D eigenvalue weighted by atomic mass is 9.94. The highest BCUT2D eigenvalue weighted by molar-refractivity contribution is 5.76. The van der Waals surface area contributed by atoms with Gasteiger partial charge in [0.1, 0.15) is 0 Å². The SMILES string of the molecule is Cn1nccc1CCC(=O)N(CC1CCN(C2CCCC2)CC1)C[C@@H]1CCCO1. The number of nitrogens with zero attached hydrogens (tertiary/aromatic N) is 4. The molecule has 29 heavy (non-hydrogen) atoms. The minimum Gasteiger partial charge on any atom is -0.376 e. The maximum atomic E-state index is 13.1. The average Bonchev–Trinajstić information content (AvgIpc) is 3.50. The van der Waals surface area contributed by atoms with Gasteiger partial charge in [-0.3, -0.25) is 9.48 Å². The molecule has 3 heterocycles. The monoisotopic (exact) mass is 402 g/mol. The number of likely N-dealkylation sites (tertiary alicyclic amines) is 1. The van der Waals surface area contributed by atoms with Crippen molar-refractivity contribution < 1.29 is 9.53 Å². The molecule has 0 aromatic carbocycles. The summed E-state index contributed by atoms with van der Waals surface area (Å²) in [5.74, 6) is 0.912. The van der Waals surface area contributed by atoms with Crippen LogP contribution in [0, 0.1) is 5.92 Å². The lowest BCUT2D eigenvalue weighted by Gasteiger charge is -2.38. The molecular formula is C23H38N4O2. The highest BCUT2D eigenvalue weighted by Crippen LogP contribution is 2.28. The molecule has 6 nitrogen and oxygen atoms in total. The van der Waals surface area contributed by atoms with E-state index < -0.39 is 0 Å². The van der Waals surface area contributed by atoms with E-state index in [-0.39, 0.29) is 12.0 Å². The normalized spacial score (nSPS) is 24.4. The zero-order valence-corrected chi connectivity index (χ0v) is 18.1. The van der Waals surface area contributed by atoms with Gasteiger partial charge in [0.05, 0.1) is 6.10 Å². The first-order valence-electron chi connectivity index (χ1n) is 11.8. The Kier molecular flexibility index (Phi) is 7.24. The Morgan fingerprint density at radius 3 is 2.59 bits per heavy atom. The highest BCUT2D eigenvalue weighted by Gasteiger charge is 2.30. The standard InChI is InChI=1S/C23H38N4O2/c1-25-20(10-13-24-25)8-9-23(28)27(18-22-7-4-16-29-22)17-19-11-14-26(15-12-19)21-5-2-3-6-21/h10,13,19,21-22H,2-9,11-12,14-18H2,1H3/t22-/m0/s1. The van der Waals surface area contributed by atoms with Crippen molar-refractivity contribution in [1.29, 1.82) is 0 Å². The molecule has 3 fully saturated rings. The second kappa shape index (κ2) is 10.1. The van der Waals surface area contributed by atoms with Gasteiger partial charge in [-0.05, 0) is 70.0 Å². The summed E-state index contributed by atoms with van der Waals surface area (Å²) in [6, 6.07) is 2.84. The van der Waals surface area contributed by atoms with Crippen molar-refractivity contribution in [2.75, 3.05) is 32.8 Å². The molecular weight excluding hydrogens is 364 g/mol. The summed E-state index contributed by atoms with van der Waals surface area (Å²) in [6.07, 6.45) is 13.6. The molecule has 2 saturated heterocycles. The smallest absolute Gasteiger partial charge is 0.223 e. The van der Waals surface area contributed by atoms with Crippen molar-refractivity contribution >= 4 is 5.91 Å². The van der Waals surface area contributed by atoms with Crippen LogP contribution in [0.1, 0.15) is 63.5 Å². The minimum atomic E-state index is 0.231. The number of carbonyl (C=O) groups is 1. The summed E-state index contributed by atoms with van der Waals surface area (Å²) in [5, 5.41) is 4.22. The predicted molar refractivity (Wildman–Crippen MR) is 114 cm³/mol. The molecule has 4 rings (SSSR count). The Bertz CT molecular complexity index is 641. The van der Waals surface area contributed by atoms with Crippen molar-refractivity contribution in [1.82, 2.24) is 19.6 Å². The third-order valence-corrected chi connectivity index (χ3v) is 7.29. The molecule has 3 aliphatic rings. The van der Waals surface area contributed by atoms with Crippen LogP contribution in [0.2, 0.25) is 0 Å². The predicted octanol–water partition coefficient (Wildman–Crippen LogP) is 3.01. The molecule has 1 aromatic heterocycles. The van der Waals surface area contributed by atoms with Gasteiger partial charge in [0.15, 0.2) is 0 Å².